The van der Waals surface area contributed by atoms with Gasteiger partial charge in [0, 0.05) is 44.3 Å². The van der Waals surface area contributed by atoms with Gasteiger partial charge in [-0.15, -0.1) is 0 Å². The van der Waals surface area contributed by atoms with Crippen molar-refractivity contribution in [1.82, 2.24) is 30.0 Å². The fourth-order valence-electron chi connectivity index (χ4n) is 3.05. The second kappa shape index (κ2) is 8.57. The molecule has 4 rings (SSSR count). The average Bonchev–Trinajstić information content (AvgIpc) is 2.99. The van der Waals surface area contributed by atoms with Crippen molar-refractivity contribution >= 4 is 17.5 Å². The van der Waals surface area contributed by atoms with Gasteiger partial charge in [0.05, 0.1) is 18.9 Å². The molecule has 0 aromatic carbocycles. The molecule has 0 atom stereocenters. The Labute approximate surface area is 162 Å². The van der Waals surface area contributed by atoms with Crippen LogP contribution in [0, 0.1) is 0 Å². The van der Waals surface area contributed by atoms with Crippen molar-refractivity contribution in [2.24, 2.45) is 0 Å². The molecule has 0 radical (unpaired) electrons. The zero-order chi connectivity index (χ0) is 19.2. The van der Waals surface area contributed by atoms with E-state index in [1.165, 1.54) is 6.20 Å². The first-order valence-electron chi connectivity index (χ1n) is 9.29. The van der Waals surface area contributed by atoms with Gasteiger partial charge in [-0.2, -0.15) is 5.10 Å². The fourth-order valence-corrected chi connectivity index (χ4v) is 3.05. The quantitative estimate of drug-likeness (QED) is 0.687. The Balaban J connectivity index is 1.37. The van der Waals surface area contributed by atoms with Gasteiger partial charge < -0.3 is 15.5 Å². The number of carbonyl (C=O) groups excluding carboxylic acids is 1. The lowest BCUT2D eigenvalue weighted by Crippen LogP contribution is -2.29. The molecule has 9 nitrogen and oxygen atoms in total. The zero-order valence-electron chi connectivity index (χ0n) is 15.5. The maximum absolute atomic E-state index is 12.4. The molecule has 3 aromatic rings. The lowest BCUT2D eigenvalue weighted by Gasteiger charge is -2.20. The summed E-state index contributed by atoms with van der Waals surface area (Å²) in [6.07, 6.45) is 9.53. The summed E-state index contributed by atoms with van der Waals surface area (Å²) in [4.78, 5) is 27.3. The normalized spacial score (nSPS) is 14.5. The van der Waals surface area contributed by atoms with E-state index in [2.05, 4.69) is 35.6 Å². The van der Waals surface area contributed by atoms with Crippen molar-refractivity contribution in [2.45, 2.75) is 13.0 Å². The molecule has 0 aliphatic carbocycles. The Bertz CT molecular complexity index is 901. The number of anilines is 2. The number of aromatic nitrogens is 5. The number of hydrogen-bond donors (Lipinski definition) is 2. The highest BCUT2D eigenvalue weighted by Crippen LogP contribution is 2.12. The van der Waals surface area contributed by atoms with Crippen molar-refractivity contribution in [2.75, 3.05) is 36.4 Å². The molecule has 9 heteroatoms. The SMILES string of the molecule is O=C(Nc1ccn(Cc2ccncc2)n1)c1cnc(N2CCCNCC2)cn1. The molecule has 1 aliphatic rings. The van der Waals surface area contributed by atoms with E-state index in [1.807, 2.05) is 18.3 Å². The van der Waals surface area contributed by atoms with Crippen molar-refractivity contribution in [3.05, 3.63) is 60.4 Å². The Morgan fingerprint density at radius 1 is 1.11 bits per heavy atom. The van der Waals surface area contributed by atoms with Gasteiger partial charge in [0.25, 0.3) is 5.91 Å². The van der Waals surface area contributed by atoms with E-state index in [1.54, 1.807) is 29.3 Å². The molecule has 4 heterocycles. The molecule has 3 aromatic heterocycles. The van der Waals surface area contributed by atoms with Crippen molar-refractivity contribution in [3.63, 3.8) is 0 Å². The third kappa shape index (κ3) is 4.49. The summed E-state index contributed by atoms with van der Waals surface area (Å²) < 4.78 is 1.76. The lowest BCUT2D eigenvalue weighted by atomic mass is 10.3. The molecule has 0 unspecified atom stereocenters. The lowest BCUT2D eigenvalue weighted by molar-refractivity contribution is 0.102. The highest BCUT2D eigenvalue weighted by molar-refractivity contribution is 6.02. The molecule has 1 amide bonds. The predicted octanol–water partition coefficient (Wildman–Crippen LogP) is 1.17. The van der Waals surface area contributed by atoms with Crippen LogP contribution < -0.4 is 15.5 Å². The highest BCUT2D eigenvalue weighted by Gasteiger charge is 2.14. The highest BCUT2D eigenvalue weighted by atomic mass is 16.2. The van der Waals surface area contributed by atoms with Crippen LogP contribution in [-0.4, -0.2) is 56.8 Å². The first kappa shape index (κ1) is 18.1. The maximum Gasteiger partial charge on any atom is 0.277 e. The van der Waals surface area contributed by atoms with Crippen LogP contribution in [0.15, 0.2) is 49.2 Å². The van der Waals surface area contributed by atoms with E-state index >= 15 is 0 Å². The number of rotatable bonds is 5. The molecule has 0 spiro atoms. The van der Waals surface area contributed by atoms with E-state index < -0.39 is 0 Å². The first-order valence-corrected chi connectivity index (χ1v) is 9.29. The summed E-state index contributed by atoms with van der Waals surface area (Å²) in [5.74, 6) is 0.941. The number of carbonyl (C=O) groups is 1. The van der Waals surface area contributed by atoms with Crippen LogP contribution in [-0.2, 0) is 6.54 Å². The van der Waals surface area contributed by atoms with Crippen LogP contribution >= 0.6 is 0 Å². The summed E-state index contributed by atoms with van der Waals surface area (Å²) in [5, 5.41) is 10.5. The van der Waals surface area contributed by atoms with Gasteiger partial charge in [0.1, 0.15) is 11.5 Å². The van der Waals surface area contributed by atoms with Gasteiger partial charge in [0.2, 0.25) is 0 Å². The minimum atomic E-state index is -0.328. The monoisotopic (exact) mass is 378 g/mol. The molecule has 0 bridgehead atoms. The largest absolute Gasteiger partial charge is 0.354 e. The van der Waals surface area contributed by atoms with Gasteiger partial charge in [-0.05, 0) is 30.7 Å². The predicted molar refractivity (Wildman–Crippen MR) is 105 cm³/mol. The summed E-state index contributed by atoms with van der Waals surface area (Å²) in [6, 6.07) is 5.61. The van der Waals surface area contributed by atoms with Gasteiger partial charge in [-0.25, -0.2) is 9.97 Å². The molecular weight excluding hydrogens is 356 g/mol. The molecule has 144 valence electrons. The number of pyridine rings is 1. The van der Waals surface area contributed by atoms with Crippen molar-refractivity contribution in [1.29, 1.82) is 0 Å². The third-order valence-electron chi connectivity index (χ3n) is 4.51. The Morgan fingerprint density at radius 2 is 2.00 bits per heavy atom. The summed E-state index contributed by atoms with van der Waals surface area (Å²) in [7, 11) is 0. The standard InChI is InChI=1S/C19H22N8O/c28-19(16-12-23-18(13-22-16)26-9-1-5-20-8-11-26)24-17-4-10-27(25-17)14-15-2-6-21-7-3-15/h2-4,6-7,10,12-13,20H,1,5,8-9,11,14H2,(H,24,25,28). The Hall–Kier alpha value is -3.33. The van der Waals surface area contributed by atoms with Gasteiger partial charge >= 0.3 is 0 Å². The van der Waals surface area contributed by atoms with E-state index in [4.69, 9.17) is 0 Å². The van der Waals surface area contributed by atoms with Crippen molar-refractivity contribution < 1.29 is 4.79 Å². The smallest absolute Gasteiger partial charge is 0.277 e. The second-order valence-corrected chi connectivity index (χ2v) is 6.56. The van der Waals surface area contributed by atoms with Crippen LogP contribution in [0.2, 0.25) is 0 Å². The van der Waals surface area contributed by atoms with Crippen LogP contribution in [0.4, 0.5) is 11.6 Å². The summed E-state index contributed by atoms with van der Waals surface area (Å²) in [5.41, 5.74) is 1.35. The number of nitrogens with zero attached hydrogens (tertiary/aromatic N) is 6. The van der Waals surface area contributed by atoms with E-state index in [9.17, 15) is 4.79 Å². The Morgan fingerprint density at radius 3 is 2.82 bits per heavy atom. The van der Waals surface area contributed by atoms with Crippen LogP contribution in [0.5, 0.6) is 0 Å². The number of hydrogen-bond acceptors (Lipinski definition) is 7. The average molecular weight is 378 g/mol. The minimum absolute atomic E-state index is 0.264. The zero-order valence-corrected chi connectivity index (χ0v) is 15.5. The molecular formula is C19H22N8O. The fraction of sp³-hybridized carbons (Fsp3) is 0.316. The maximum atomic E-state index is 12.4. The van der Waals surface area contributed by atoms with E-state index in [-0.39, 0.29) is 11.6 Å². The minimum Gasteiger partial charge on any atom is -0.354 e. The van der Waals surface area contributed by atoms with Gasteiger partial charge in [0.15, 0.2) is 5.82 Å². The van der Waals surface area contributed by atoms with Crippen LogP contribution in [0.25, 0.3) is 0 Å². The van der Waals surface area contributed by atoms with Gasteiger partial charge in [-0.3, -0.25) is 14.5 Å². The summed E-state index contributed by atoms with van der Waals surface area (Å²) >= 11 is 0. The second-order valence-electron chi connectivity index (χ2n) is 6.56. The summed E-state index contributed by atoms with van der Waals surface area (Å²) in [6.45, 7) is 4.36. The van der Waals surface area contributed by atoms with E-state index in [0.717, 1.165) is 44.0 Å². The molecule has 28 heavy (non-hydrogen) atoms. The first-order chi connectivity index (χ1) is 13.8. The molecule has 2 N–H and O–H groups in total. The third-order valence-corrected chi connectivity index (χ3v) is 4.51. The number of nitrogens with one attached hydrogen (secondary N) is 2. The number of amides is 1. The topological polar surface area (TPSA) is 101 Å². The van der Waals surface area contributed by atoms with Crippen LogP contribution in [0.1, 0.15) is 22.5 Å². The molecule has 1 saturated heterocycles. The van der Waals surface area contributed by atoms with Gasteiger partial charge in [-0.1, -0.05) is 0 Å². The van der Waals surface area contributed by atoms with Crippen molar-refractivity contribution in [3.8, 4) is 0 Å². The van der Waals surface area contributed by atoms with E-state index in [0.29, 0.717) is 12.4 Å². The molecule has 0 saturated carbocycles. The molecule has 1 fully saturated rings. The van der Waals surface area contributed by atoms with Crippen LogP contribution in [0.3, 0.4) is 0 Å². The Kier molecular flexibility index (Phi) is 5.53. The molecule has 1 aliphatic heterocycles.